The molecule has 31 heavy (non-hydrogen) atoms. The van der Waals surface area contributed by atoms with Crippen molar-refractivity contribution in [2.24, 2.45) is 5.92 Å². The van der Waals surface area contributed by atoms with Gasteiger partial charge in [0, 0.05) is 30.5 Å². The highest BCUT2D eigenvalue weighted by Crippen LogP contribution is 2.24. The van der Waals surface area contributed by atoms with Crippen LogP contribution >= 0.6 is 0 Å². The molecule has 0 aromatic carbocycles. The van der Waals surface area contributed by atoms with Crippen LogP contribution in [0.25, 0.3) is 0 Å². The van der Waals surface area contributed by atoms with Gasteiger partial charge in [-0.2, -0.15) is 0 Å². The molecule has 2 fully saturated rings. The van der Waals surface area contributed by atoms with Gasteiger partial charge in [-0.15, -0.1) is 0 Å². The number of hydrogen-bond donors (Lipinski definition) is 1. The van der Waals surface area contributed by atoms with Gasteiger partial charge in [0.15, 0.2) is 0 Å². The third-order valence-corrected chi connectivity index (χ3v) is 5.70. The molecule has 8 heteroatoms. The summed E-state index contributed by atoms with van der Waals surface area (Å²) < 4.78 is 11.4. The number of ether oxygens (including phenoxy) is 2. The summed E-state index contributed by atoms with van der Waals surface area (Å²) in [5.74, 6) is -0.144. The zero-order valence-electron chi connectivity index (χ0n) is 19.4. The van der Waals surface area contributed by atoms with Crippen LogP contribution in [0, 0.1) is 19.8 Å². The molecule has 1 aromatic rings. The van der Waals surface area contributed by atoms with E-state index in [-0.39, 0.29) is 30.1 Å². The van der Waals surface area contributed by atoms with Crippen LogP contribution in [0.4, 0.5) is 4.79 Å². The molecule has 3 rings (SSSR count). The minimum atomic E-state index is -0.533. The Morgan fingerprint density at radius 3 is 2.32 bits per heavy atom. The number of hydrogen-bond acceptors (Lipinski definition) is 6. The number of likely N-dealkylation sites (tertiary alicyclic amines) is 1. The van der Waals surface area contributed by atoms with Crippen LogP contribution < -0.4 is 10.1 Å². The van der Waals surface area contributed by atoms with Crippen LogP contribution in [0.1, 0.15) is 70.7 Å². The molecule has 1 saturated heterocycles. The second-order valence-corrected chi connectivity index (χ2v) is 9.80. The van der Waals surface area contributed by atoms with Crippen molar-refractivity contribution in [1.29, 1.82) is 0 Å². The molecule has 2 aliphatic rings. The first-order valence-electron chi connectivity index (χ1n) is 11.4. The summed E-state index contributed by atoms with van der Waals surface area (Å²) in [5.41, 5.74) is 1.27. The third kappa shape index (κ3) is 7.08. The van der Waals surface area contributed by atoms with Gasteiger partial charge in [-0.1, -0.05) is 0 Å². The van der Waals surface area contributed by atoms with Gasteiger partial charge in [0.1, 0.15) is 11.7 Å². The molecule has 2 heterocycles. The van der Waals surface area contributed by atoms with Crippen molar-refractivity contribution in [3.05, 3.63) is 17.5 Å². The number of carbonyl (C=O) groups is 2. The van der Waals surface area contributed by atoms with E-state index in [1.54, 1.807) is 4.90 Å². The molecule has 1 unspecified atom stereocenters. The molecule has 8 nitrogen and oxygen atoms in total. The number of amides is 2. The summed E-state index contributed by atoms with van der Waals surface area (Å²) in [6.07, 6.45) is 4.80. The SMILES string of the molecule is Cc1cc(C)nc(OC2CCC(NC(=O)C3CCCN(C(=O)OC(C)(C)C)C3)CC2)n1. The molecule has 0 bridgehead atoms. The number of rotatable bonds is 4. The Morgan fingerprint density at radius 2 is 1.71 bits per heavy atom. The monoisotopic (exact) mass is 432 g/mol. The van der Waals surface area contributed by atoms with E-state index in [1.165, 1.54) is 0 Å². The van der Waals surface area contributed by atoms with Gasteiger partial charge in [0.2, 0.25) is 5.91 Å². The quantitative estimate of drug-likeness (QED) is 0.782. The maximum atomic E-state index is 12.8. The lowest BCUT2D eigenvalue weighted by Crippen LogP contribution is -2.49. The highest BCUT2D eigenvalue weighted by Gasteiger charge is 2.32. The largest absolute Gasteiger partial charge is 0.460 e. The van der Waals surface area contributed by atoms with Crippen molar-refractivity contribution in [3.8, 4) is 6.01 Å². The molecule has 1 aromatic heterocycles. The van der Waals surface area contributed by atoms with Gasteiger partial charge in [-0.25, -0.2) is 14.8 Å². The second kappa shape index (κ2) is 9.83. The normalized spacial score (nSPS) is 24.4. The zero-order chi connectivity index (χ0) is 22.6. The Morgan fingerprint density at radius 1 is 1.06 bits per heavy atom. The maximum absolute atomic E-state index is 12.8. The number of aromatic nitrogens is 2. The molecular formula is C23H36N4O4. The summed E-state index contributed by atoms with van der Waals surface area (Å²) in [5, 5.41) is 3.19. The van der Waals surface area contributed by atoms with E-state index >= 15 is 0 Å². The van der Waals surface area contributed by atoms with Gasteiger partial charge in [0.25, 0.3) is 0 Å². The predicted molar refractivity (Wildman–Crippen MR) is 117 cm³/mol. The standard InChI is InChI=1S/C23H36N4O4/c1-15-13-16(2)25-21(24-15)30-19-10-8-18(9-11-19)26-20(28)17-7-6-12-27(14-17)22(29)31-23(3,4)5/h13,17-19H,6-12,14H2,1-5H3,(H,26,28). The Kier molecular flexibility index (Phi) is 7.38. The van der Waals surface area contributed by atoms with Crippen LogP contribution in [0.3, 0.4) is 0 Å². The van der Waals surface area contributed by atoms with Crippen molar-refractivity contribution >= 4 is 12.0 Å². The second-order valence-electron chi connectivity index (χ2n) is 9.80. The number of nitrogens with zero attached hydrogens (tertiary/aromatic N) is 3. The van der Waals surface area contributed by atoms with Crippen molar-refractivity contribution in [1.82, 2.24) is 20.2 Å². The summed E-state index contributed by atoms with van der Waals surface area (Å²) in [6.45, 7) is 10.5. The lowest BCUT2D eigenvalue weighted by atomic mass is 9.91. The number of carbonyl (C=O) groups excluding carboxylic acids is 2. The highest BCUT2D eigenvalue weighted by molar-refractivity contribution is 5.80. The highest BCUT2D eigenvalue weighted by atomic mass is 16.6. The molecule has 172 valence electrons. The Balaban J connectivity index is 1.44. The Bertz CT molecular complexity index is 764. The fourth-order valence-corrected chi connectivity index (χ4v) is 4.22. The van der Waals surface area contributed by atoms with E-state index in [9.17, 15) is 9.59 Å². The zero-order valence-corrected chi connectivity index (χ0v) is 19.4. The predicted octanol–water partition coefficient (Wildman–Crippen LogP) is 3.55. The van der Waals surface area contributed by atoms with Gasteiger partial charge < -0.3 is 19.7 Å². The van der Waals surface area contributed by atoms with E-state index in [0.717, 1.165) is 49.9 Å². The van der Waals surface area contributed by atoms with Gasteiger partial charge in [-0.3, -0.25) is 4.79 Å². The number of nitrogens with one attached hydrogen (secondary N) is 1. The van der Waals surface area contributed by atoms with Crippen LogP contribution in [0.5, 0.6) is 6.01 Å². The minimum absolute atomic E-state index is 0.0373. The number of piperidine rings is 1. The molecule has 1 aliphatic heterocycles. The van der Waals surface area contributed by atoms with Crippen molar-refractivity contribution in [2.75, 3.05) is 13.1 Å². The van der Waals surface area contributed by atoms with Crippen LogP contribution in [0.2, 0.25) is 0 Å². The van der Waals surface area contributed by atoms with Crippen LogP contribution in [-0.4, -0.2) is 57.7 Å². The summed E-state index contributed by atoms with van der Waals surface area (Å²) in [4.78, 5) is 35.5. The topological polar surface area (TPSA) is 93.7 Å². The lowest BCUT2D eigenvalue weighted by molar-refractivity contribution is -0.127. The van der Waals surface area contributed by atoms with E-state index in [1.807, 2.05) is 40.7 Å². The molecule has 1 atom stereocenters. The van der Waals surface area contributed by atoms with E-state index in [4.69, 9.17) is 9.47 Å². The first-order chi connectivity index (χ1) is 14.6. The van der Waals surface area contributed by atoms with Crippen molar-refractivity contribution < 1.29 is 19.1 Å². The van der Waals surface area contributed by atoms with Crippen LogP contribution in [0.15, 0.2) is 6.07 Å². The molecule has 1 N–H and O–H groups in total. The van der Waals surface area contributed by atoms with E-state index < -0.39 is 5.60 Å². The smallest absolute Gasteiger partial charge is 0.410 e. The fourth-order valence-electron chi connectivity index (χ4n) is 4.22. The molecule has 1 saturated carbocycles. The van der Waals surface area contributed by atoms with Crippen molar-refractivity contribution in [3.63, 3.8) is 0 Å². The van der Waals surface area contributed by atoms with E-state index in [2.05, 4.69) is 15.3 Å². The molecule has 2 amide bonds. The molecule has 0 spiro atoms. The molecule has 1 aliphatic carbocycles. The summed E-state index contributed by atoms with van der Waals surface area (Å²) >= 11 is 0. The van der Waals surface area contributed by atoms with Crippen LogP contribution in [-0.2, 0) is 9.53 Å². The van der Waals surface area contributed by atoms with Gasteiger partial charge >= 0.3 is 12.1 Å². The molecular weight excluding hydrogens is 396 g/mol. The van der Waals surface area contributed by atoms with E-state index in [0.29, 0.717) is 19.1 Å². The minimum Gasteiger partial charge on any atom is -0.460 e. The summed E-state index contributed by atoms with van der Waals surface area (Å²) in [7, 11) is 0. The average molecular weight is 433 g/mol. The third-order valence-electron chi connectivity index (χ3n) is 5.70. The lowest BCUT2D eigenvalue weighted by Gasteiger charge is -2.35. The van der Waals surface area contributed by atoms with Gasteiger partial charge in [0.05, 0.1) is 5.92 Å². The Hall–Kier alpha value is -2.38. The molecule has 0 radical (unpaired) electrons. The van der Waals surface area contributed by atoms with Gasteiger partial charge in [-0.05, 0) is 79.2 Å². The number of aryl methyl sites for hydroxylation is 2. The first kappa shape index (κ1) is 23.3. The average Bonchev–Trinajstić information content (AvgIpc) is 2.67. The Labute approximate surface area is 185 Å². The fraction of sp³-hybridized carbons (Fsp3) is 0.739. The summed E-state index contributed by atoms with van der Waals surface area (Å²) in [6, 6.07) is 2.51. The maximum Gasteiger partial charge on any atom is 0.410 e. The van der Waals surface area contributed by atoms with Crippen molar-refractivity contribution in [2.45, 2.75) is 90.9 Å². The first-order valence-corrected chi connectivity index (χ1v) is 11.4.